The number of esters is 1. The van der Waals surface area contributed by atoms with E-state index in [1.807, 2.05) is 6.92 Å². The number of carbonyl (C=O) groups is 3. The lowest BCUT2D eigenvalue weighted by Gasteiger charge is -2.25. The van der Waals surface area contributed by atoms with Gasteiger partial charge in [-0.1, -0.05) is 37.6 Å². The number of carbonyl (C=O) groups excluding carboxylic acids is 3. The molecule has 1 atom stereocenters. The quantitative estimate of drug-likeness (QED) is 0.239. The molecule has 0 aliphatic carbocycles. The maximum Gasteiger partial charge on any atom is 0.308 e. The maximum absolute atomic E-state index is 12.9. The van der Waals surface area contributed by atoms with Crippen LogP contribution in [0, 0.1) is 0 Å². The molecular formula is C24H25NO6. The van der Waals surface area contributed by atoms with Gasteiger partial charge in [0.25, 0.3) is 11.7 Å². The third-order valence-electron chi connectivity index (χ3n) is 5.09. The highest BCUT2D eigenvalue weighted by molar-refractivity contribution is 6.46. The number of rotatable bonds is 7. The largest absolute Gasteiger partial charge is 0.507 e. The highest BCUT2D eigenvalue weighted by Crippen LogP contribution is 2.40. The molecule has 3 rings (SSSR count). The second-order valence-corrected chi connectivity index (χ2v) is 7.24. The van der Waals surface area contributed by atoms with E-state index in [9.17, 15) is 19.5 Å². The number of aliphatic hydroxyl groups is 1. The number of aliphatic hydroxyl groups excluding tert-OH is 1. The van der Waals surface area contributed by atoms with E-state index in [2.05, 4.69) is 0 Å². The molecule has 0 bridgehead atoms. The van der Waals surface area contributed by atoms with Crippen LogP contribution < -0.4 is 9.47 Å². The van der Waals surface area contributed by atoms with Crippen LogP contribution in [0.1, 0.15) is 43.9 Å². The molecule has 1 amide bonds. The summed E-state index contributed by atoms with van der Waals surface area (Å²) in [6.07, 6.45) is 1.56. The van der Waals surface area contributed by atoms with Crippen LogP contribution in [0.3, 0.4) is 0 Å². The smallest absolute Gasteiger partial charge is 0.308 e. The summed E-state index contributed by atoms with van der Waals surface area (Å²) in [5.41, 5.74) is 1.04. The Morgan fingerprint density at radius 3 is 2.42 bits per heavy atom. The Morgan fingerprint density at radius 2 is 1.81 bits per heavy atom. The van der Waals surface area contributed by atoms with E-state index in [1.54, 1.807) is 48.5 Å². The highest BCUT2D eigenvalue weighted by atomic mass is 16.5. The molecule has 0 saturated carbocycles. The van der Waals surface area contributed by atoms with Crippen molar-refractivity contribution in [1.82, 2.24) is 4.90 Å². The molecule has 1 unspecified atom stereocenters. The molecule has 1 N–H and O–H groups in total. The molecule has 1 aliphatic heterocycles. The van der Waals surface area contributed by atoms with E-state index in [4.69, 9.17) is 9.47 Å². The predicted molar refractivity (Wildman–Crippen MR) is 115 cm³/mol. The van der Waals surface area contributed by atoms with Gasteiger partial charge >= 0.3 is 5.97 Å². The molecule has 1 aliphatic rings. The Morgan fingerprint density at radius 1 is 1.10 bits per heavy atom. The molecule has 0 radical (unpaired) electrons. The fourth-order valence-electron chi connectivity index (χ4n) is 3.60. The first-order chi connectivity index (χ1) is 14.9. The van der Waals surface area contributed by atoms with Crippen LogP contribution in [-0.4, -0.2) is 41.3 Å². The van der Waals surface area contributed by atoms with Crippen molar-refractivity contribution in [3.05, 3.63) is 65.2 Å². The molecular weight excluding hydrogens is 398 g/mol. The second-order valence-electron chi connectivity index (χ2n) is 7.24. The minimum absolute atomic E-state index is 0.0228. The highest BCUT2D eigenvalue weighted by Gasteiger charge is 2.45. The van der Waals surface area contributed by atoms with Crippen molar-refractivity contribution in [2.75, 3.05) is 13.7 Å². The number of benzene rings is 2. The van der Waals surface area contributed by atoms with Crippen LogP contribution in [0.5, 0.6) is 11.5 Å². The lowest BCUT2D eigenvalue weighted by Crippen LogP contribution is -2.30. The number of Topliss-reactive ketones (excluding diaryl/α,β-unsaturated/α-hetero) is 1. The number of ketones is 1. The summed E-state index contributed by atoms with van der Waals surface area (Å²) in [5.74, 6) is -1.20. The van der Waals surface area contributed by atoms with E-state index in [1.165, 1.54) is 18.9 Å². The first kappa shape index (κ1) is 22.1. The lowest BCUT2D eigenvalue weighted by atomic mass is 9.95. The zero-order valence-corrected chi connectivity index (χ0v) is 17.8. The monoisotopic (exact) mass is 423 g/mol. The molecule has 1 heterocycles. The average molecular weight is 423 g/mol. The Bertz CT molecular complexity index is 1020. The van der Waals surface area contributed by atoms with Gasteiger partial charge in [-0.3, -0.25) is 14.4 Å². The van der Waals surface area contributed by atoms with E-state index >= 15 is 0 Å². The van der Waals surface area contributed by atoms with Gasteiger partial charge < -0.3 is 19.5 Å². The SMILES string of the molecule is CCCCN1C(=O)C(=O)/C(=C(\O)c2cccc(OC)c2)C1c1ccc(OC(C)=O)cc1. The molecule has 7 heteroatoms. The number of amides is 1. The summed E-state index contributed by atoms with van der Waals surface area (Å²) in [4.78, 5) is 38.4. The topological polar surface area (TPSA) is 93.1 Å². The summed E-state index contributed by atoms with van der Waals surface area (Å²) >= 11 is 0. The Balaban J connectivity index is 2.11. The van der Waals surface area contributed by atoms with Crippen molar-refractivity contribution < 1.29 is 29.0 Å². The van der Waals surface area contributed by atoms with Gasteiger partial charge in [-0.2, -0.15) is 0 Å². The minimum Gasteiger partial charge on any atom is -0.507 e. The van der Waals surface area contributed by atoms with Crippen molar-refractivity contribution >= 4 is 23.4 Å². The van der Waals surface area contributed by atoms with Crippen LogP contribution >= 0.6 is 0 Å². The summed E-state index contributed by atoms with van der Waals surface area (Å²) < 4.78 is 10.3. The van der Waals surface area contributed by atoms with Crippen LogP contribution in [0.4, 0.5) is 0 Å². The number of hydrogen-bond donors (Lipinski definition) is 1. The first-order valence-electron chi connectivity index (χ1n) is 10.1. The summed E-state index contributed by atoms with van der Waals surface area (Å²) in [6.45, 7) is 3.68. The van der Waals surface area contributed by atoms with E-state index in [0.717, 1.165) is 6.42 Å². The number of unbranched alkanes of at least 4 members (excludes halogenated alkanes) is 1. The van der Waals surface area contributed by atoms with Crippen LogP contribution in [-0.2, 0) is 14.4 Å². The summed E-state index contributed by atoms with van der Waals surface area (Å²) in [5, 5.41) is 11.0. The van der Waals surface area contributed by atoms with Gasteiger partial charge in [-0.25, -0.2) is 0 Å². The Kier molecular flexibility index (Phi) is 6.74. The first-order valence-corrected chi connectivity index (χ1v) is 10.1. The third-order valence-corrected chi connectivity index (χ3v) is 5.09. The number of nitrogens with zero attached hydrogens (tertiary/aromatic N) is 1. The fourth-order valence-corrected chi connectivity index (χ4v) is 3.60. The van der Waals surface area contributed by atoms with Gasteiger partial charge in [0.2, 0.25) is 0 Å². The molecule has 2 aromatic carbocycles. The van der Waals surface area contributed by atoms with Crippen LogP contribution in [0.2, 0.25) is 0 Å². The third kappa shape index (κ3) is 4.60. The number of hydrogen-bond acceptors (Lipinski definition) is 6. The summed E-state index contributed by atoms with van der Waals surface area (Å²) in [7, 11) is 1.51. The van der Waals surface area contributed by atoms with Gasteiger partial charge in [0.15, 0.2) is 0 Å². The molecule has 1 fully saturated rings. The van der Waals surface area contributed by atoms with Crippen LogP contribution in [0.25, 0.3) is 5.76 Å². The Hall–Kier alpha value is -3.61. The van der Waals surface area contributed by atoms with Gasteiger partial charge in [0.05, 0.1) is 18.7 Å². The Labute approximate surface area is 180 Å². The molecule has 31 heavy (non-hydrogen) atoms. The lowest BCUT2D eigenvalue weighted by molar-refractivity contribution is -0.139. The van der Waals surface area contributed by atoms with Gasteiger partial charge in [0.1, 0.15) is 17.3 Å². The zero-order chi connectivity index (χ0) is 22.5. The molecule has 0 aromatic heterocycles. The van der Waals surface area contributed by atoms with E-state index in [0.29, 0.717) is 35.6 Å². The minimum atomic E-state index is -0.746. The second kappa shape index (κ2) is 9.47. The van der Waals surface area contributed by atoms with E-state index in [-0.39, 0.29) is 11.3 Å². The van der Waals surface area contributed by atoms with Crippen molar-refractivity contribution in [2.45, 2.75) is 32.7 Å². The molecule has 162 valence electrons. The number of methoxy groups -OCH3 is 1. The predicted octanol–water partition coefficient (Wildman–Crippen LogP) is 3.84. The van der Waals surface area contributed by atoms with Crippen molar-refractivity contribution in [3.63, 3.8) is 0 Å². The van der Waals surface area contributed by atoms with Crippen molar-refractivity contribution in [3.8, 4) is 11.5 Å². The van der Waals surface area contributed by atoms with Crippen LogP contribution in [0.15, 0.2) is 54.1 Å². The molecule has 0 spiro atoms. The van der Waals surface area contributed by atoms with E-state index < -0.39 is 23.7 Å². The van der Waals surface area contributed by atoms with Crippen molar-refractivity contribution in [2.24, 2.45) is 0 Å². The summed E-state index contributed by atoms with van der Waals surface area (Å²) in [6, 6.07) is 12.5. The molecule has 1 saturated heterocycles. The number of ether oxygens (including phenoxy) is 2. The number of likely N-dealkylation sites (tertiary alicyclic amines) is 1. The zero-order valence-electron chi connectivity index (χ0n) is 17.8. The average Bonchev–Trinajstić information content (AvgIpc) is 3.02. The van der Waals surface area contributed by atoms with Gasteiger partial charge in [-0.05, 0) is 36.2 Å². The van der Waals surface area contributed by atoms with Gasteiger partial charge in [-0.15, -0.1) is 0 Å². The molecule has 2 aromatic rings. The van der Waals surface area contributed by atoms with Crippen molar-refractivity contribution in [1.29, 1.82) is 0 Å². The fraction of sp³-hybridized carbons (Fsp3) is 0.292. The standard InChI is InChI=1S/C24H25NO6/c1-4-5-13-25-21(16-9-11-18(12-10-16)31-15(2)26)20(23(28)24(25)29)22(27)17-7-6-8-19(14-17)30-3/h6-12,14,21,27H,4-5,13H2,1-3H3/b22-20-. The maximum atomic E-state index is 12.9. The normalized spacial score (nSPS) is 17.6. The molecule has 7 nitrogen and oxygen atoms in total. The van der Waals surface area contributed by atoms with Gasteiger partial charge in [0, 0.05) is 19.0 Å².